The zero-order valence-corrected chi connectivity index (χ0v) is 11.2. The Kier molecular flexibility index (Phi) is 3.34. The molecule has 1 amide bonds. The minimum absolute atomic E-state index is 0.608. The molecule has 0 aromatic heterocycles. The van der Waals surface area contributed by atoms with Gasteiger partial charge in [0.15, 0.2) is 6.61 Å². The van der Waals surface area contributed by atoms with Crippen LogP contribution >= 0.6 is 0 Å². The number of amides is 1. The van der Waals surface area contributed by atoms with Gasteiger partial charge >= 0.3 is 12.1 Å². The summed E-state index contributed by atoms with van der Waals surface area (Å²) in [5.41, 5.74) is 5.93. The fourth-order valence-corrected chi connectivity index (χ4v) is 3.23. The third kappa shape index (κ3) is 2.35. The topological polar surface area (TPSA) is 75.6 Å². The van der Waals surface area contributed by atoms with E-state index in [0.29, 0.717) is 0 Å². The van der Waals surface area contributed by atoms with Crippen LogP contribution in [-0.2, 0) is 35.2 Å². The van der Waals surface area contributed by atoms with Gasteiger partial charge in [0, 0.05) is 0 Å². The molecule has 3 rings (SSSR count). The highest BCUT2D eigenvalue weighted by Gasteiger charge is 2.25. The van der Waals surface area contributed by atoms with E-state index >= 15 is 0 Å². The van der Waals surface area contributed by atoms with Crippen molar-refractivity contribution in [2.75, 3.05) is 11.9 Å². The van der Waals surface area contributed by atoms with Crippen LogP contribution in [0, 0.1) is 0 Å². The highest BCUT2D eigenvalue weighted by molar-refractivity contribution is 5.89. The van der Waals surface area contributed by atoms with Gasteiger partial charge in [0.1, 0.15) is 0 Å². The van der Waals surface area contributed by atoms with E-state index < -0.39 is 18.7 Å². The van der Waals surface area contributed by atoms with E-state index in [4.69, 9.17) is 5.11 Å². The third-order valence-corrected chi connectivity index (χ3v) is 4.03. The number of hydrogen-bond acceptors (Lipinski definition) is 3. The Labute approximate surface area is 116 Å². The predicted molar refractivity (Wildman–Crippen MR) is 73.1 cm³/mol. The Balaban J connectivity index is 1.85. The van der Waals surface area contributed by atoms with E-state index in [1.807, 2.05) is 0 Å². The van der Waals surface area contributed by atoms with Crippen LogP contribution in [0.3, 0.4) is 0 Å². The zero-order valence-electron chi connectivity index (χ0n) is 11.2. The second kappa shape index (κ2) is 5.15. The summed E-state index contributed by atoms with van der Waals surface area (Å²) in [6.45, 7) is -0.608. The summed E-state index contributed by atoms with van der Waals surface area (Å²) in [5.74, 6) is -1.15. The quantitative estimate of drug-likeness (QED) is 0.887. The molecule has 0 saturated carbocycles. The molecule has 2 N–H and O–H groups in total. The van der Waals surface area contributed by atoms with Crippen LogP contribution in [0.15, 0.2) is 6.07 Å². The van der Waals surface area contributed by atoms with Crippen molar-refractivity contribution in [3.63, 3.8) is 0 Å². The molecule has 0 aliphatic heterocycles. The number of benzene rings is 1. The van der Waals surface area contributed by atoms with Gasteiger partial charge in [0.2, 0.25) is 0 Å². The zero-order chi connectivity index (χ0) is 14.1. The molecule has 0 unspecified atom stereocenters. The first-order valence-corrected chi connectivity index (χ1v) is 6.97. The number of anilines is 1. The standard InChI is InChI=1S/C15H17NO4/c17-13(18)8-20-15(19)16-14-11-5-1-3-9(11)7-10-4-2-6-12(10)14/h7H,1-6,8H2,(H,16,19)(H,17,18). The SMILES string of the molecule is O=C(O)COC(=O)Nc1c2c(cc3c1CCC3)CCC2. The Morgan fingerprint density at radius 3 is 2.25 bits per heavy atom. The van der Waals surface area contributed by atoms with E-state index in [2.05, 4.69) is 16.1 Å². The van der Waals surface area contributed by atoms with E-state index in [1.165, 1.54) is 22.3 Å². The largest absolute Gasteiger partial charge is 0.479 e. The summed E-state index contributed by atoms with van der Waals surface area (Å²) in [5, 5.41) is 11.3. The molecule has 1 aromatic carbocycles. The van der Waals surface area contributed by atoms with E-state index in [1.54, 1.807) is 0 Å². The molecule has 0 heterocycles. The molecule has 1 aromatic rings. The van der Waals surface area contributed by atoms with Crippen molar-refractivity contribution in [1.82, 2.24) is 0 Å². The summed E-state index contributed by atoms with van der Waals surface area (Å²) >= 11 is 0. The van der Waals surface area contributed by atoms with Crippen molar-refractivity contribution in [2.24, 2.45) is 0 Å². The molecular formula is C15H17NO4. The lowest BCUT2D eigenvalue weighted by Gasteiger charge is -2.15. The average Bonchev–Trinajstić information content (AvgIpc) is 3.04. The number of carboxylic acid groups (broad SMARTS) is 1. The first kappa shape index (κ1) is 13.0. The van der Waals surface area contributed by atoms with Crippen molar-refractivity contribution in [3.05, 3.63) is 28.3 Å². The van der Waals surface area contributed by atoms with Crippen LogP contribution in [0.25, 0.3) is 0 Å². The highest BCUT2D eigenvalue weighted by atomic mass is 16.6. The van der Waals surface area contributed by atoms with Crippen molar-refractivity contribution in [1.29, 1.82) is 0 Å². The number of aliphatic carboxylic acids is 1. The molecule has 0 bridgehead atoms. The van der Waals surface area contributed by atoms with Gasteiger partial charge in [-0.2, -0.15) is 0 Å². The Morgan fingerprint density at radius 2 is 1.70 bits per heavy atom. The Bertz CT molecular complexity index is 547. The maximum absolute atomic E-state index is 11.7. The van der Waals surface area contributed by atoms with Gasteiger partial charge in [-0.15, -0.1) is 0 Å². The highest BCUT2D eigenvalue weighted by Crippen LogP contribution is 2.38. The molecule has 5 heteroatoms. The van der Waals surface area contributed by atoms with Gasteiger partial charge in [0.25, 0.3) is 0 Å². The third-order valence-electron chi connectivity index (χ3n) is 4.03. The number of nitrogens with one attached hydrogen (secondary N) is 1. The maximum atomic E-state index is 11.7. The molecule has 2 aliphatic rings. The second-order valence-electron chi connectivity index (χ2n) is 5.33. The summed E-state index contributed by atoms with van der Waals surface area (Å²) in [6.07, 6.45) is 5.59. The predicted octanol–water partition coefficient (Wildman–Crippen LogP) is 2.30. The van der Waals surface area contributed by atoms with Crippen LogP contribution in [0.2, 0.25) is 0 Å². The lowest BCUT2D eigenvalue weighted by Crippen LogP contribution is -2.20. The van der Waals surface area contributed by atoms with Crippen LogP contribution < -0.4 is 5.32 Å². The number of carbonyl (C=O) groups excluding carboxylic acids is 1. The second-order valence-corrected chi connectivity index (χ2v) is 5.33. The Morgan fingerprint density at radius 1 is 1.10 bits per heavy atom. The molecule has 106 valence electrons. The van der Waals surface area contributed by atoms with Crippen LogP contribution in [0.5, 0.6) is 0 Å². The van der Waals surface area contributed by atoms with E-state index in [0.717, 1.165) is 44.2 Å². The minimum Gasteiger partial charge on any atom is -0.479 e. The monoisotopic (exact) mass is 275 g/mol. The van der Waals surface area contributed by atoms with Gasteiger partial charge in [-0.25, -0.2) is 9.59 Å². The molecule has 0 spiro atoms. The maximum Gasteiger partial charge on any atom is 0.412 e. The number of ether oxygens (including phenoxy) is 1. The van der Waals surface area contributed by atoms with Crippen molar-refractivity contribution < 1.29 is 19.4 Å². The van der Waals surface area contributed by atoms with Gasteiger partial charge in [-0.3, -0.25) is 5.32 Å². The van der Waals surface area contributed by atoms with E-state index in [9.17, 15) is 9.59 Å². The fourth-order valence-electron chi connectivity index (χ4n) is 3.23. The molecule has 0 radical (unpaired) electrons. The number of hydrogen-bond donors (Lipinski definition) is 2. The molecule has 0 atom stereocenters. The first-order chi connectivity index (χ1) is 9.65. The van der Waals surface area contributed by atoms with E-state index in [-0.39, 0.29) is 0 Å². The number of carbonyl (C=O) groups is 2. The summed E-state index contributed by atoms with van der Waals surface area (Å²) in [7, 11) is 0. The number of aryl methyl sites for hydroxylation is 2. The van der Waals surface area contributed by atoms with Crippen molar-refractivity contribution in [3.8, 4) is 0 Å². The summed E-state index contributed by atoms with van der Waals surface area (Å²) in [4.78, 5) is 22.1. The van der Waals surface area contributed by atoms with Crippen LogP contribution in [0.4, 0.5) is 10.5 Å². The molecule has 5 nitrogen and oxygen atoms in total. The van der Waals surface area contributed by atoms with Gasteiger partial charge in [-0.1, -0.05) is 6.07 Å². The van der Waals surface area contributed by atoms with Gasteiger partial charge < -0.3 is 9.84 Å². The molecular weight excluding hydrogens is 258 g/mol. The van der Waals surface area contributed by atoms with Crippen molar-refractivity contribution >= 4 is 17.7 Å². The lowest BCUT2D eigenvalue weighted by atomic mass is 9.99. The Hall–Kier alpha value is -2.04. The number of carboxylic acids is 1. The first-order valence-electron chi connectivity index (χ1n) is 6.97. The fraction of sp³-hybridized carbons (Fsp3) is 0.467. The summed E-state index contributed by atoms with van der Waals surface area (Å²) < 4.78 is 4.68. The smallest absolute Gasteiger partial charge is 0.412 e. The minimum atomic E-state index is -1.15. The van der Waals surface area contributed by atoms with Crippen LogP contribution in [-0.4, -0.2) is 23.8 Å². The molecule has 0 saturated heterocycles. The average molecular weight is 275 g/mol. The molecule has 20 heavy (non-hydrogen) atoms. The lowest BCUT2D eigenvalue weighted by molar-refractivity contribution is -0.140. The van der Waals surface area contributed by atoms with Gasteiger partial charge in [-0.05, 0) is 60.8 Å². The van der Waals surface area contributed by atoms with Gasteiger partial charge in [0.05, 0.1) is 5.69 Å². The van der Waals surface area contributed by atoms with Crippen molar-refractivity contribution in [2.45, 2.75) is 38.5 Å². The molecule has 2 aliphatic carbocycles. The number of rotatable bonds is 3. The number of fused-ring (bicyclic) bond motifs is 2. The normalized spacial score (nSPS) is 15.6. The van der Waals surface area contributed by atoms with Crippen LogP contribution in [0.1, 0.15) is 35.1 Å². The molecule has 0 fully saturated rings. The summed E-state index contributed by atoms with van der Waals surface area (Å²) in [6, 6.07) is 2.28.